The average molecular weight is 583 g/mol. The molecule has 0 spiro atoms. The van der Waals surface area contributed by atoms with Crippen LogP contribution in [0.15, 0.2) is 47.6 Å². The molecule has 4 aliphatic rings. The second-order valence-corrected chi connectivity index (χ2v) is 12.1. The Morgan fingerprint density at radius 1 is 0.977 bits per heavy atom. The number of nitrogens with zero attached hydrogens (tertiary/aromatic N) is 8. The van der Waals surface area contributed by atoms with Gasteiger partial charge < -0.3 is 14.7 Å². The first-order valence-corrected chi connectivity index (χ1v) is 15.2. The summed E-state index contributed by atoms with van der Waals surface area (Å²) in [4.78, 5) is 23.5. The van der Waals surface area contributed by atoms with Crippen molar-refractivity contribution >= 4 is 33.3 Å². The minimum atomic E-state index is -0.551. The van der Waals surface area contributed by atoms with Crippen LogP contribution in [-0.2, 0) is 0 Å². The Morgan fingerprint density at radius 2 is 1.79 bits per heavy atom. The van der Waals surface area contributed by atoms with Gasteiger partial charge in [0.2, 0.25) is 0 Å². The van der Waals surface area contributed by atoms with Crippen LogP contribution in [0.25, 0.3) is 32.9 Å². The van der Waals surface area contributed by atoms with Crippen LogP contribution in [0, 0.1) is 5.82 Å². The van der Waals surface area contributed by atoms with Gasteiger partial charge in [0.05, 0.1) is 17.5 Å². The minimum absolute atomic E-state index is 0.0123. The highest BCUT2D eigenvalue weighted by atomic mass is 19.1. The van der Waals surface area contributed by atoms with E-state index in [4.69, 9.17) is 9.72 Å². The quantitative estimate of drug-likeness (QED) is 0.367. The number of fused-ring (bicyclic) bond motifs is 4. The predicted octanol–water partition coefficient (Wildman–Crippen LogP) is 4.43. The van der Waals surface area contributed by atoms with Crippen molar-refractivity contribution in [2.45, 2.75) is 38.1 Å². The van der Waals surface area contributed by atoms with Crippen LogP contribution in [0.4, 0.5) is 10.2 Å². The van der Waals surface area contributed by atoms with E-state index in [9.17, 15) is 5.11 Å². The SMILES string of the molecule is CC1=NCN2CCN(c3nc(OCC45CCCN4CCC5)nc4c(F)c(-c5cc(O)cc6ccccc56)ncc34)CCN12. The highest BCUT2D eigenvalue weighted by molar-refractivity contribution is 5.99. The van der Waals surface area contributed by atoms with Crippen LogP contribution in [-0.4, -0.2) is 98.9 Å². The van der Waals surface area contributed by atoms with Gasteiger partial charge in [-0.05, 0) is 68.6 Å². The normalized spacial score (nSPS) is 20.5. The Kier molecular flexibility index (Phi) is 6.34. The summed E-state index contributed by atoms with van der Waals surface area (Å²) in [6.45, 7) is 8.26. The van der Waals surface area contributed by atoms with E-state index in [1.165, 1.54) is 0 Å². The van der Waals surface area contributed by atoms with Crippen LogP contribution < -0.4 is 9.64 Å². The third-order valence-electron chi connectivity index (χ3n) is 9.71. The molecule has 0 saturated carbocycles. The molecule has 8 rings (SSSR count). The maximum atomic E-state index is 16.7. The minimum Gasteiger partial charge on any atom is -0.508 e. The highest BCUT2D eigenvalue weighted by Crippen LogP contribution is 2.40. The fourth-order valence-electron chi connectivity index (χ4n) is 7.48. The molecule has 4 aromatic rings. The van der Waals surface area contributed by atoms with E-state index in [2.05, 4.69) is 34.8 Å². The molecule has 43 heavy (non-hydrogen) atoms. The van der Waals surface area contributed by atoms with Crippen molar-refractivity contribution in [1.82, 2.24) is 29.9 Å². The van der Waals surface area contributed by atoms with Gasteiger partial charge in [0.25, 0.3) is 0 Å². The highest BCUT2D eigenvalue weighted by Gasteiger charge is 2.45. The summed E-state index contributed by atoms with van der Waals surface area (Å²) in [7, 11) is 0. The zero-order valence-electron chi connectivity index (χ0n) is 24.3. The van der Waals surface area contributed by atoms with Crippen molar-refractivity contribution in [3.05, 3.63) is 48.4 Å². The first-order valence-electron chi connectivity index (χ1n) is 15.2. The second kappa shape index (κ2) is 10.3. The van der Waals surface area contributed by atoms with Crippen LogP contribution in [0.3, 0.4) is 0 Å². The number of aliphatic imine (C=N–C) groups is 1. The molecule has 0 bridgehead atoms. The standard InChI is InChI=1S/C32H35FN8O2/c1-21-35-20-40-14-12-38(13-15-41(21)40)30-26-18-34-28(25-17-23(42)16-22-6-2-3-7-24(22)25)27(33)29(26)36-31(37-30)43-19-32-8-4-10-39(32)11-5-9-32/h2-3,6-7,16-18,42H,4-5,8-15,19-20H2,1H3. The topological polar surface area (TPSA) is 93.5 Å². The van der Waals surface area contributed by atoms with E-state index in [1.54, 1.807) is 18.3 Å². The summed E-state index contributed by atoms with van der Waals surface area (Å²) < 4.78 is 23.1. The number of ether oxygens (including phenoxy) is 1. The Balaban J connectivity index is 1.23. The number of halogens is 1. The van der Waals surface area contributed by atoms with Gasteiger partial charge in [-0.2, -0.15) is 15.0 Å². The van der Waals surface area contributed by atoms with E-state index in [0.29, 0.717) is 43.1 Å². The predicted molar refractivity (Wildman–Crippen MR) is 164 cm³/mol. The Hall–Kier alpha value is -4.09. The van der Waals surface area contributed by atoms with Crippen LogP contribution in [0.2, 0.25) is 0 Å². The van der Waals surface area contributed by atoms with Crippen molar-refractivity contribution in [3.63, 3.8) is 0 Å². The Morgan fingerprint density at radius 3 is 2.65 bits per heavy atom. The largest absolute Gasteiger partial charge is 0.508 e. The van der Waals surface area contributed by atoms with E-state index >= 15 is 4.39 Å². The molecule has 3 fully saturated rings. The molecule has 11 heteroatoms. The number of amidine groups is 1. The molecule has 4 aliphatic heterocycles. The van der Waals surface area contributed by atoms with Gasteiger partial charge in [-0.3, -0.25) is 19.9 Å². The van der Waals surface area contributed by atoms with Crippen molar-refractivity contribution < 1.29 is 14.2 Å². The van der Waals surface area contributed by atoms with Crippen LogP contribution in [0.1, 0.15) is 32.6 Å². The average Bonchev–Trinajstić information content (AvgIpc) is 3.65. The molecule has 10 nitrogen and oxygen atoms in total. The van der Waals surface area contributed by atoms with Gasteiger partial charge in [-0.25, -0.2) is 4.39 Å². The summed E-state index contributed by atoms with van der Waals surface area (Å²) in [6.07, 6.45) is 6.19. The molecule has 0 aliphatic carbocycles. The molecule has 1 N–H and O–H groups in total. The van der Waals surface area contributed by atoms with Gasteiger partial charge in [0.15, 0.2) is 5.82 Å². The van der Waals surface area contributed by atoms with Crippen molar-refractivity contribution in [2.75, 3.05) is 57.4 Å². The maximum absolute atomic E-state index is 16.7. The summed E-state index contributed by atoms with van der Waals surface area (Å²) in [6, 6.07) is 11.0. The van der Waals surface area contributed by atoms with E-state index < -0.39 is 5.82 Å². The van der Waals surface area contributed by atoms with Crippen molar-refractivity contribution in [3.8, 4) is 23.0 Å². The van der Waals surface area contributed by atoms with Gasteiger partial charge in [-0.15, -0.1) is 0 Å². The molecule has 0 amide bonds. The monoisotopic (exact) mass is 582 g/mol. The number of pyridine rings is 1. The third kappa shape index (κ3) is 4.44. The summed E-state index contributed by atoms with van der Waals surface area (Å²) in [5, 5.41) is 17.1. The molecule has 222 valence electrons. The number of rotatable bonds is 5. The van der Waals surface area contributed by atoms with Crippen LogP contribution in [0.5, 0.6) is 11.8 Å². The molecule has 0 unspecified atom stereocenters. The molecule has 2 aromatic heterocycles. The van der Waals surface area contributed by atoms with Crippen molar-refractivity contribution in [2.24, 2.45) is 4.99 Å². The van der Waals surface area contributed by atoms with Crippen molar-refractivity contribution in [1.29, 1.82) is 0 Å². The van der Waals surface area contributed by atoms with E-state index in [1.807, 2.05) is 31.2 Å². The smallest absolute Gasteiger partial charge is 0.319 e. The number of hydrazine groups is 1. The molecule has 0 atom stereocenters. The number of hydrogen-bond donors (Lipinski definition) is 1. The maximum Gasteiger partial charge on any atom is 0.319 e. The fraction of sp³-hybridized carbons (Fsp3) is 0.438. The van der Waals surface area contributed by atoms with E-state index in [0.717, 1.165) is 68.5 Å². The van der Waals surface area contributed by atoms with Gasteiger partial charge >= 0.3 is 6.01 Å². The molecule has 2 aromatic carbocycles. The fourth-order valence-corrected chi connectivity index (χ4v) is 7.48. The number of aromatic hydroxyl groups is 1. The lowest BCUT2D eigenvalue weighted by molar-refractivity contribution is 0.0866. The lowest BCUT2D eigenvalue weighted by atomic mass is 9.95. The molecular weight excluding hydrogens is 547 g/mol. The lowest BCUT2D eigenvalue weighted by Crippen LogP contribution is -2.43. The summed E-state index contributed by atoms with van der Waals surface area (Å²) in [5.74, 6) is 1.14. The van der Waals surface area contributed by atoms with Gasteiger partial charge in [0, 0.05) is 31.4 Å². The first kappa shape index (κ1) is 26.5. The van der Waals surface area contributed by atoms with Gasteiger partial charge in [-0.1, -0.05) is 24.3 Å². The summed E-state index contributed by atoms with van der Waals surface area (Å²) in [5.41, 5.74) is 0.841. The number of benzene rings is 2. The zero-order valence-corrected chi connectivity index (χ0v) is 24.3. The Bertz CT molecular complexity index is 1750. The molecule has 3 saturated heterocycles. The number of phenols is 1. The third-order valence-corrected chi connectivity index (χ3v) is 9.71. The lowest BCUT2D eigenvalue weighted by Gasteiger charge is -2.31. The number of aromatic nitrogens is 3. The summed E-state index contributed by atoms with van der Waals surface area (Å²) >= 11 is 0. The molecule has 6 heterocycles. The first-order chi connectivity index (χ1) is 21.0. The number of anilines is 1. The molecular formula is C32H35FN8O2. The van der Waals surface area contributed by atoms with Gasteiger partial charge in [0.1, 0.15) is 41.9 Å². The Labute approximate surface area is 249 Å². The zero-order chi connectivity index (χ0) is 29.1. The van der Waals surface area contributed by atoms with Crippen LogP contribution >= 0.6 is 0 Å². The van der Waals surface area contributed by atoms with E-state index in [-0.39, 0.29) is 28.5 Å². The number of phenolic OH excluding ortho intramolecular Hbond substituents is 1. The second-order valence-electron chi connectivity index (χ2n) is 12.1. The molecule has 0 radical (unpaired) electrons. The number of hydrogen-bond acceptors (Lipinski definition) is 10.